The summed E-state index contributed by atoms with van der Waals surface area (Å²) in [6.07, 6.45) is 3.40. The molecule has 15 heavy (non-hydrogen) atoms. The fraction of sp³-hybridized carbons (Fsp3) is 0.462. The van der Waals surface area contributed by atoms with Crippen LogP contribution in [0.2, 0.25) is 0 Å². The van der Waals surface area contributed by atoms with Gasteiger partial charge in [0.1, 0.15) is 0 Å². The van der Waals surface area contributed by atoms with Crippen LogP contribution in [0.4, 0.5) is 0 Å². The van der Waals surface area contributed by atoms with Gasteiger partial charge in [-0.05, 0) is 30.5 Å². The molecular weight excluding hydrogens is 186 g/mol. The largest absolute Gasteiger partial charge is 0.339 e. The number of benzene rings is 1. The predicted molar refractivity (Wildman–Crippen MR) is 61.0 cm³/mol. The van der Waals surface area contributed by atoms with E-state index in [4.69, 9.17) is 0 Å². The van der Waals surface area contributed by atoms with Gasteiger partial charge in [-0.15, -0.1) is 0 Å². The Kier molecular flexibility index (Phi) is 3.05. The summed E-state index contributed by atoms with van der Waals surface area (Å²) in [4.78, 5) is 13.7. The molecule has 0 unspecified atom stereocenters. The minimum absolute atomic E-state index is 0.185. The van der Waals surface area contributed by atoms with Gasteiger partial charge >= 0.3 is 0 Å². The van der Waals surface area contributed by atoms with Crippen molar-refractivity contribution in [3.05, 3.63) is 35.4 Å². The van der Waals surface area contributed by atoms with Gasteiger partial charge in [0.05, 0.1) is 0 Å². The number of carbonyl (C=O) groups is 1. The van der Waals surface area contributed by atoms with Gasteiger partial charge in [0.25, 0.3) is 5.91 Å². The molecule has 0 radical (unpaired) electrons. The minimum Gasteiger partial charge on any atom is -0.339 e. The second-order valence-corrected chi connectivity index (χ2v) is 4.09. The molecule has 1 aliphatic rings. The Hall–Kier alpha value is -1.31. The van der Waals surface area contributed by atoms with Crippen molar-refractivity contribution in [1.29, 1.82) is 0 Å². The molecule has 1 aliphatic heterocycles. The van der Waals surface area contributed by atoms with Crippen molar-refractivity contribution in [3.63, 3.8) is 0 Å². The van der Waals surface area contributed by atoms with E-state index >= 15 is 0 Å². The lowest BCUT2D eigenvalue weighted by atomic mass is 10.1. The quantitative estimate of drug-likeness (QED) is 0.739. The number of amides is 1. The van der Waals surface area contributed by atoms with Gasteiger partial charge in [-0.25, -0.2) is 0 Å². The average molecular weight is 203 g/mol. The third kappa shape index (κ3) is 2.20. The molecule has 1 heterocycles. The van der Waals surface area contributed by atoms with Crippen molar-refractivity contribution in [3.8, 4) is 0 Å². The Labute approximate surface area is 90.9 Å². The first kappa shape index (κ1) is 10.2. The van der Waals surface area contributed by atoms with Gasteiger partial charge in [-0.1, -0.05) is 25.5 Å². The molecular formula is C13H17NO. The highest BCUT2D eigenvalue weighted by molar-refractivity contribution is 5.94. The SMILES string of the molecule is CCCc1ccc(C(=O)N2CCC2)cc1. The van der Waals surface area contributed by atoms with E-state index in [9.17, 15) is 4.79 Å². The molecule has 0 bridgehead atoms. The summed E-state index contributed by atoms with van der Waals surface area (Å²) in [5.74, 6) is 0.185. The second-order valence-electron chi connectivity index (χ2n) is 4.09. The maximum absolute atomic E-state index is 11.8. The van der Waals surface area contributed by atoms with Gasteiger partial charge < -0.3 is 4.90 Å². The first-order valence-electron chi connectivity index (χ1n) is 5.69. The number of likely N-dealkylation sites (tertiary alicyclic amines) is 1. The highest BCUT2D eigenvalue weighted by Crippen LogP contribution is 2.13. The number of nitrogens with zero attached hydrogens (tertiary/aromatic N) is 1. The normalized spacial score (nSPS) is 14.9. The lowest BCUT2D eigenvalue weighted by molar-refractivity contribution is 0.0652. The Balaban J connectivity index is 2.05. The van der Waals surface area contributed by atoms with Crippen molar-refractivity contribution < 1.29 is 4.79 Å². The van der Waals surface area contributed by atoms with Gasteiger partial charge in [0.15, 0.2) is 0 Å². The van der Waals surface area contributed by atoms with Crippen LogP contribution >= 0.6 is 0 Å². The first-order chi connectivity index (χ1) is 7.31. The summed E-state index contributed by atoms with van der Waals surface area (Å²) >= 11 is 0. The molecule has 2 rings (SSSR count). The smallest absolute Gasteiger partial charge is 0.253 e. The Morgan fingerprint density at radius 3 is 2.40 bits per heavy atom. The molecule has 1 amide bonds. The van der Waals surface area contributed by atoms with Crippen molar-refractivity contribution in [2.75, 3.05) is 13.1 Å². The van der Waals surface area contributed by atoms with Crippen LogP contribution in [0.25, 0.3) is 0 Å². The van der Waals surface area contributed by atoms with E-state index in [2.05, 4.69) is 19.1 Å². The van der Waals surface area contributed by atoms with Crippen LogP contribution in [0.5, 0.6) is 0 Å². The molecule has 80 valence electrons. The molecule has 0 aliphatic carbocycles. The van der Waals surface area contributed by atoms with Crippen LogP contribution in [-0.2, 0) is 6.42 Å². The predicted octanol–water partition coefficient (Wildman–Crippen LogP) is 2.49. The van der Waals surface area contributed by atoms with Crippen LogP contribution in [0.1, 0.15) is 35.7 Å². The Morgan fingerprint density at radius 1 is 1.27 bits per heavy atom. The van der Waals surface area contributed by atoms with Crippen LogP contribution in [0, 0.1) is 0 Å². The van der Waals surface area contributed by atoms with Gasteiger partial charge in [0, 0.05) is 18.7 Å². The van der Waals surface area contributed by atoms with Crippen molar-refractivity contribution in [1.82, 2.24) is 4.90 Å². The summed E-state index contributed by atoms with van der Waals surface area (Å²) in [5, 5.41) is 0. The van der Waals surface area contributed by atoms with Crippen LogP contribution in [0.15, 0.2) is 24.3 Å². The summed E-state index contributed by atoms with van der Waals surface area (Å²) < 4.78 is 0. The molecule has 1 saturated heterocycles. The maximum atomic E-state index is 11.8. The van der Waals surface area contributed by atoms with E-state index in [1.165, 1.54) is 5.56 Å². The monoisotopic (exact) mass is 203 g/mol. The number of rotatable bonds is 3. The molecule has 0 aromatic heterocycles. The van der Waals surface area contributed by atoms with Crippen LogP contribution in [-0.4, -0.2) is 23.9 Å². The zero-order valence-electron chi connectivity index (χ0n) is 9.20. The highest BCUT2D eigenvalue weighted by Gasteiger charge is 2.20. The van der Waals surface area contributed by atoms with Crippen molar-refractivity contribution in [2.45, 2.75) is 26.2 Å². The number of hydrogen-bond donors (Lipinski definition) is 0. The summed E-state index contributed by atoms with van der Waals surface area (Å²) in [5.41, 5.74) is 2.15. The van der Waals surface area contributed by atoms with Crippen LogP contribution < -0.4 is 0 Å². The van der Waals surface area contributed by atoms with E-state index in [1.807, 2.05) is 17.0 Å². The van der Waals surface area contributed by atoms with Gasteiger partial charge in [-0.3, -0.25) is 4.79 Å². The Morgan fingerprint density at radius 2 is 1.93 bits per heavy atom. The second kappa shape index (κ2) is 4.47. The Bertz CT molecular complexity index is 338. The molecule has 0 spiro atoms. The fourth-order valence-electron chi connectivity index (χ4n) is 1.80. The standard InChI is InChI=1S/C13H17NO/c1-2-4-11-5-7-12(8-6-11)13(15)14-9-3-10-14/h5-8H,2-4,9-10H2,1H3. The molecule has 0 atom stereocenters. The molecule has 0 saturated carbocycles. The molecule has 1 aromatic rings. The number of aryl methyl sites for hydroxylation is 1. The molecule has 1 fully saturated rings. The number of hydrogen-bond acceptors (Lipinski definition) is 1. The van der Waals surface area contributed by atoms with E-state index in [-0.39, 0.29) is 5.91 Å². The molecule has 1 aromatic carbocycles. The fourth-order valence-corrected chi connectivity index (χ4v) is 1.80. The lowest BCUT2D eigenvalue weighted by Crippen LogP contribution is -2.41. The number of carbonyl (C=O) groups excluding carboxylic acids is 1. The molecule has 0 N–H and O–H groups in total. The van der Waals surface area contributed by atoms with E-state index in [1.54, 1.807) is 0 Å². The topological polar surface area (TPSA) is 20.3 Å². The highest BCUT2D eigenvalue weighted by atomic mass is 16.2. The maximum Gasteiger partial charge on any atom is 0.253 e. The van der Waals surface area contributed by atoms with Crippen LogP contribution in [0.3, 0.4) is 0 Å². The summed E-state index contributed by atoms with van der Waals surface area (Å²) in [7, 11) is 0. The van der Waals surface area contributed by atoms with E-state index in [0.717, 1.165) is 37.9 Å². The third-order valence-corrected chi connectivity index (χ3v) is 2.88. The summed E-state index contributed by atoms with van der Waals surface area (Å²) in [6.45, 7) is 4.02. The van der Waals surface area contributed by atoms with E-state index in [0.29, 0.717) is 0 Å². The summed E-state index contributed by atoms with van der Waals surface area (Å²) in [6, 6.07) is 8.03. The molecule has 2 heteroatoms. The van der Waals surface area contributed by atoms with Crippen molar-refractivity contribution in [2.24, 2.45) is 0 Å². The minimum atomic E-state index is 0.185. The van der Waals surface area contributed by atoms with Gasteiger partial charge in [-0.2, -0.15) is 0 Å². The zero-order valence-corrected chi connectivity index (χ0v) is 9.20. The van der Waals surface area contributed by atoms with Gasteiger partial charge in [0.2, 0.25) is 0 Å². The first-order valence-corrected chi connectivity index (χ1v) is 5.69. The average Bonchev–Trinajstić information content (AvgIpc) is 2.16. The van der Waals surface area contributed by atoms with E-state index < -0.39 is 0 Å². The molecule has 2 nitrogen and oxygen atoms in total. The lowest BCUT2D eigenvalue weighted by Gasteiger charge is -2.30. The van der Waals surface area contributed by atoms with Crippen molar-refractivity contribution >= 4 is 5.91 Å². The third-order valence-electron chi connectivity index (χ3n) is 2.88. The zero-order chi connectivity index (χ0) is 10.7.